The van der Waals surface area contributed by atoms with Crippen molar-refractivity contribution >= 4 is 283 Å². The van der Waals surface area contributed by atoms with Gasteiger partial charge >= 0.3 is 0 Å². The van der Waals surface area contributed by atoms with E-state index in [-0.39, 0.29) is 5.41 Å². The second kappa shape index (κ2) is 24.2. The summed E-state index contributed by atoms with van der Waals surface area (Å²) in [6, 6.07) is 112. The lowest BCUT2D eigenvalue weighted by Gasteiger charge is -2.21. The van der Waals surface area contributed by atoms with E-state index >= 15 is 0 Å². The minimum atomic E-state index is -0.150. The molecule has 13 heterocycles. The third kappa shape index (κ3) is 8.62. The molecule has 13 aromatic heterocycles. The van der Waals surface area contributed by atoms with Crippen LogP contribution in [-0.4, -0.2) is 43.6 Å². The summed E-state index contributed by atoms with van der Waals surface area (Å²) < 4.78 is 48.7. The molecule has 0 unspecified atom stereocenters. The van der Waals surface area contributed by atoms with Crippen molar-refractivity contribution in [2.24, 2.45) is 0 Å². The van der Waals surface area contributed by atoms with Gasteiger partial charge in [0.25, 0.3) is 0 Å². The molecule has 15 nitrogen and oxygen atoms in total. The summed E-state index contributed by atoms with van der Waals surface area (Å²) in [5, 5.41) is 31.2. The predicted molar refractivity (Wildman–Crippen MR) is 540 cm³/mol. The molecule has 0 saturated heterocycles. The van der Waals surface area contributed by atoms with E-state index in [2.05, 4.69) is 282 Å². The van der Waals surface area contributed by atoms with Crippen LogP contribution in [0, 0.1) is 0 Å². The molecule has 0 saturated carbocycles. The van der Waals surface area contributed by atoms with Gasteiger partial charge in [-0.15, -0.1) is 11.3 Å². The van der Waals surface area contributed by atoms with Crippen molar-refractivity contribution in [2.75, 3.05) is 0 Å². The molecule has 0 N–H and O–H groups in total. The second-order valence-electron chi connectivity index (χ2n) is 36.3. The largest absolute Gasteiger partial charge is 0.456 e. The third-order valence-electron chi connectivity index (χ3n) is 29.4. The molecule has 0 radical (unpaired) electrons. The number of aromatic nitrogens is 9. The molecule has 0 fully saturated rings. The second-order valence-corrected chi connectivity index (χ2v) is 37.4. The van der Waals surface area contributed by atoms with E-state index in [4.69, 9.17) is 56.4 Å². The van der Waals surface area contributed by atoms with Gasteiger partial charge in [0, 0.05) is 155 Å². The molecular formula is C117H59N9O6S. The van der Waals surface area contributed by atoms with Crippen molar-refractivity contribution in [1.82, 2.24) is 43.6 Å². The van der Waals surface area contributed by atoms with Crippen molar-refractivity contribution in [3.63, 3.8) is 0 Å². The number of thiophene rings is 1. The first-order chi connectivity index (χ1) is 65.7. The van der Waals surface area contributed by atoms with Crippen LogP contribution in [0.25, 0.3) is 323 Å². The van der Waals surface area contributed by atoms with Gasteiger partial charge in [0.2, 0.25) is 17.8 Å². The summed E-state index contributed by atoms with van der Waals surface area (Å²) in [5.41, 5.74) is 28.0. The Hall–Kier alpha value is -17.6. The number of hydrogen-bond acceptors (Lipinski definition) is 13. The maximum absolute atomic E-state index is 6.66. The summed E-state index contributed by atoms with van der Waals surface area (Å²) >= 11 is 1.86. The highest BCUT2D eigenvalue weighted by atomic mass is 32.1. The number of nitrogens with zero attached hydrogens (tertiary/aromatic N) is 9. The van der Waals surface area contributed by atoms with Crippen LogP contribution in [-0.2, 0) is 5.41 Å². The van der Waals surface area contributed by atoms with Crippen LogP contribution in [0.2, 0.25) is 0 Å². The van der Waals surface area contributed by atoms with Crippen molar-refractivity contribution in [2.45, 2.75) is 19.3 Å². The summed E-state index contributed by atoms with van der Waals surface area (Å²) in [5.74, 6) is 1.93. The van der Waals surface area contributed by atoms with Gasteiger partial charge < -0.3 is 26.5 Å². The molecule has 16 heteroatoms. The highest BCUT2D eigenvalue weighted by Crippen LogP contribution is 2.60. The van der Waals surface area contributed by atoms with Crippen LogP contribution in [0.15, 0.2) is 348 Å². The summed E-state index contributed by atoms with van der Waals surface area (Å²) in [6.07, 6.45) is 0. The van der Waals surface area contributed by atoms with Crippen LogP contribution in [0.5, 0.6) is 0 Å². The van der Waals surface area contributed by atoms with Crippen molar-refractivity contribution in [1.29, 1.82) is 0 Å². The lowest BCUT2D eigenvalue weighted by atomic mass is 9.81. The van der Waals surface area contributed by atoms with Crippen molar-refractivity contribution in [3.05, 3.63) is 333 Å². The molecule has 1 aliphatic carbocycles. The SMILES string of the molecule is CC1(C)c2ccc3oc4ccc5c6c4c3c2c2c1ccc1oc3ccc(c6c3c12)n5-c1nc(-c2ccccc2)c2ccccc2n1.c1ccc(-c2nc(-n3c4ccc5oc6ccc7oc8ccc9oc%10ccc3c3c%10c9c8c7c6c5c34)nc3ccccc23)cc1.c1ccc(-c2nc(-n3c4cccc5c6cccc7sc8ccc9oc%10ccc3c(c%10c9c8c76)c54)nc3ccccc23)cc1. The summed E-state index contributed by atoms with van der Waals surface area (Å²) in [6.45, 7) is 4.68. The molecule has 133 heavy (non-hydrogen) atoms. The fourth-order valence-corrected chi connectivity index (χ4v) is 25.2. The number of para-hydroxylation sites is 3. The van der Waals surface area contributed by atoms with Gasteiger partial charge in [-0.2, -0.15) is 0 Å². The zero-order valence-corrected chi connectivity index (χ0v) is 71.3. The molecule has 0 aliphatic heterocycles. The van der Waals surface area contributed by atoms with Gasteiger partial charge in [-0.05, 0) is 172 Å². The highest BCUT2D eigenvalue weighted by Gasteiger charge is 2.40. The Balaban J connectivity index is 0.0000000904. The van der Waals surface area contributed by atoms with Gasteiger partial charge in [0.1, 0.15) is 67.0 Å². The first kappa shape index (κ1) is 69.5. The molecule has 614 valence electrons. The van der Waals surface area contributed by atoms with Gasteiger partial charge in [-0.1, -0.05) is 196 Å². The molecule has 0 spiro atoms. The maximum atomic E-state index is 6.66. The first-order valence-corrected chi connectivity index (χ1v) is 45.7. The number of hydrogen-bond donors (Lipinski definition) is 0. The number of benzene rings is 18. The van der Waals surface area contributed by atoms with E-state index in [1.807, 2.05) is 78.1 Å². The van der Waals surface area contributed by atoms with E-state index in [0.29, 0.717) is 17.8 Å². The number of furan rings is 6. The fourth-order valence-electron chi connectivity index (χ4n) is 24.1. The average molecular weight is 1720 g/mol. The minimum Gasteiger partial charge on any atom is -0.456 e. The lowest BCUT2D eigenvalue weighted by Crippen LogP contribution is -2.15. The summed E-state index contributed by atoms with van der Waals surface area (Å²) in [4.78, 5) is 31.5. The van der Waals surface area contributed by atoms with E-state index in [1.54, 1.807) is 0 Å². The topological polar surface area (TPSA) is 171 Å². The van der Waals surface area contributed by atoms with E-state index < -0.39 is 0 Å². The first-order valence-electron chi connectivity index (χ1n) is 44.9. The van der Waals surface area contributed by atoms with Crippen LogP contribution in [0.3, 0.4) is 0 Å². The normalized spacial score (nSPS) is 13.4. The quantitative estimate of drug-likeness (QED) is 0.155. The van der Waals surface area contributed by atoms with Crippen molar-refractivity contribution in [3.8, 4) is 51.6 Å². The van der Waals surface area contributed by atoms with Crippen LogP contribution >= 0.6 is 11.3 Å². The van der Waals surface area contributed by atoms with Crippen LogP contribution < -0.4 is 0 Å². The van der Waals surface area contributed by atoms with Crippen LogP contribution in [0.4, 0.5) is 0 Å². The molecular weight excluding hydrogens is 1660 g/mol. The monoisotopic (exact) mass is 1720 g/mol. The molecule has 0 atom stereocenters. The Kier molecular flexibility index (Phi) is 12.7. The molecule has 35 rings (SSSR count). The molecule has 0 bridgehead atoms. The Morgan fingerprint density at radius 2 is 0.451 bits per heavy atom. The van der Waals surface area contributed by atoms with Gasteiger partial charge in [-0.25, -0.2) is 29.9 Å². The maximum Gasteiger partial charge on any atom is 0.235 e. The molecule has 0 amide bonds. The molecule has 1 aliphatic rings. The van der Waals surface area contributed by atoms with Crippen molar-refractivity contribution < 1.29 is 26.5 Å². The van der Waals surface area contributed by atoms with E-state index in [1.165, 1.54) is 85.2 Å². The standard InChI is InChI=1S/C41H23N3O2.C38H17N3O3.C38H19N3OS/c1-41(2)22-12-16-27-35-31(22)32-23(41)13-17-28-36(32)38-30(46-28)19-15-26-34(38)33-25(14-18-29(45-27)37(33)35)44(26)40-42-24-11-7-6-10-21(24)39(43-40)20-8-4-3-5-9-20;1-2-6-18(7-3-1)37-19-8-4-5-9-20(19)39-38(40-37)41-21-10-12-23-31-29(21)30-22(41)11-13-24-32(30)34-26(43-24)15-17-28-36(34)35-27(44-28)16-14-25(42-23)33(31)35;1-2-8-20(9-3-1)37-23-10-4-5-13-24(23)39-38(40-37)41-25-14-6-11-21-22-12-7-15-29-32(22)36-30(43-29)19-18-28-35(36)34-27(42-28)17-16-26(41)33(34)31(21)25/h3-19H,1-2H3;1-17H;1-19H. The number of rotatable bonds is 6. The van der Waals surface area contributed by atoms with Gasteiger partial charge in [-0.3, -0.25) is 13.7 Å². The Morgan fingerprint density at radius 3 is 0.812 bits per heavy atom. The van der Waals surface area contributed by atoms with Gasteiger partial charge in [0.05, 0.1) is 66.7 Å². The summed E-state index contributed by atoms with van der Waals surface area (Å²) in [7, 11) is 0. The zero-order valence-electron chi connectivity index (χ0n) is 70.5. The molecule has 21 aromatic carbocycles. The number of fused-ring (bicyclic) bond motifs is 4. The smallest absolute Gasteiger partial charge is 0.235 e. The highest BCUT2D eigenvalue weighted by molar-refractivity contribution is 7.26. The Bertz CT molecular complexity index is 10800. The Labute approximate surface area is 751 Å². The minimum absolute atomic E-state index is 0.150. The fraction of sp³-hybridized carbons (Fsp3) is 0.0256. The Morgan fingerprint density at radius 1 is 0.195 bits per heavy atom. The lowest BCUT2D eigenvalue weighted by molar-refractivity contribution is 0.656. The third-order valence-corrected chi connectivity index (χ3v) is 30.5. The van der Waals surface area contributed by atoms with E-state index in [0.717, 1.165) is 231 Å². The molecule has 34 aromatic rings. The zero-order chi connectivity index (χ0) is 86.1. The van der Waals surface area contributed by atoms with Crippen LogP contribution in [0.1, 0.15) is 25.0 Å². The average Bonchev–Trinajstić information content (AvgIpc) is 1.51. The van der Waals surface area contributed by atoms with Gasteiger partial charge in [0.15, 0.2) is 0 Å². The van der Waals surface area contributed by atoms with E-state index in [9.17, 15) is 0 Å². The predicted octanol–water partition coefficient (Wildman–Crippen LogP) is 32.0.